The molecule has 0 radical (unpaired) electrons. The molecule has 4 nitrogen and oxygen atoms in total. The van der Waals surface area contributed by atoms with E-state index in [-0.39, 0.29) is 12.5 Å². The van der Waals surface area contributed by atoms with E-state index in [2.05, 4.69) is 0 Å². The van der Waals surface area contributed by atoms with Crippen LogP contribution in [-0.2, 0) is 4.79 Å². The van der Waals surface area contributed by atoms with Crippen LogP contribution in [0.4, 0.5) is 0 Å². The number of rotatable bonds is 1. The molecule has 4 heteroatoms. The third-order valence-corrected chi connectivity index (χ3v) is 0.506. The molecule has 0 heterocycles. The molecule has 0 saturated carbocycles. The Morgan fingerprint density at radius 2 is 2.10 bits per heavy atom. The lowest BCUT2D eigenvalue weighted by Crippen LogP contribution is -2.09. The molecule has 0 rings (SSSR count). The highest BCUT2D eigenvalue weighted by Gasteiger charge is 1.80. The Hall–Kier alpha value is -1.08. The highest BCUT2D eigenvalue weighted by Crippen LogP contribution is 1.67. The Morgan fingerprint density at radius 1 is 1.90 bits per heavy atom. The molecule has 1 atom stereocenters. The molecule has 0 saturated heterocycles. The van der Waals surface area contributed by atoms with Crippen LogP contribution in [0.1, 0.15) is 20.3 Å². The lowest BCUT2D eigenvalue weighted by molar-refractivity contribution is -0.136. The maximum atomic E-state index is 9.37. The maximum Gasteiger partial charge on any atom is 0.303 e. The first-order chi connectivity index (χ1) is 4.54. The summed E-state index contributed by atoms with van der Waals surface area (Å²) in [6.45, 7) is 3.24. The number of hydrogen-bond acceptors (Lipinski definition) is 3. The van der Waals surface area contributed by atoms with Crippen molar-refractivity contribution in [2.75, 3.05) is 0 Å². The number of nitriles is 1. The van der Waals surface area contributed by atoms with E-state index in [1.165, 1.54) is 0 Å². The van der Waals surface area contributed by atoms with Gasteiger partial charge in [-0.1, -0.05) is 6.92 Å². The Balaban J connectivity index is 0. The topological polar surface area (TPSA) is 87.1 Å². The monoisotopic (exact) mass is 144 g/mol. The largest absolute Gasteiger partial charge is 0.481 e. The van der Waals surface area contributed by atoms with Crippen molar-refractivity contribution in [1.82, 2.24) is 0 Å². The third-order valence-electron chi connectivity index (χ3n) is 0.506. The average Bonchev–Trinajstić information content (AvgIpc) is 1.89. The molecule has 0 spiro atoms. The zero-order valence-electron chi connectivity index (χ0n) is 6.16. The van der Waals surface area contributed by atoms with E-state index in [0.717, 1.165) is 0 Å². The number of carbonyl (C=O) groups is 1. The summed E-state index contributed by atoms with van der Waals surface area (Å²) in [5.74, 6) is -0.745. The van der Waals surface area contributed by atoms with Crippen molar-refractivity contribution in [3.05, 3.63) is 0 Å². The summed E-state index contributed by atoms with van der Waals surface area (Å²) in [5.41, 5.74) is 4.93. The molecule has 0 aromatic carbocycles. The SMILES string of the molecule is CC(N)C#N.CCC(=O)O. The van der Waals surface area contributed by atoms with E-state index in [0.29, 0.717) is 0 Å². The second-order valence-corrected chi connectivity index (χ2v) is 1.67. The predicted molar refractivity (Wildman–Crippen MR) is 37.2 cm³/mol. The van der Waals surface area contributed by atoms with Gasteiger partial charge in [-0.2, -0.15) is 5.26 Å². The van der Waals surface area contributed by atoms with Crippen molar-refractivity contribution in [2.45, 2.75) is 26.3 Å². The number of carboxylic acid groups (broad SMARTS) is 1. The molecule has 0 amide bonds. The minimum atomic E-state index is -0.745. The second-order valence-electron chi connectivity index (χ2n) is 1.67. The van der Waals surface area contributed by atoms with Crippen molar-refractivity contribution in [3.63, 3.8) is 0 Å². The zero-order valence-corrected chi connectivity index (χ0v) is 6.16. The Morgan fingerprint density at radius 3 is 2.10 bits per heavy atom. The molecular weight excluding hydrogens is 132 g/mol. The molecule has 1 unspecified atom stereocenters. The third kappa shape index (κ3) is 28.4. The summed E-state index contributed by atoms with van der Waals surface area (Å²) in [7, 11) is 0. The lowest BCUT2D eigenvalue weighted by atomic mass is 10.4. The fourth-order valence-electron chi connectivity index (χ4n) is 0. The van der Waals surface area contributed by atoms with Gasteiger partial charge < -0.3 is 10.8 Å². The van der Waals surface area contributed by atoms with E-state index in [9.17, 15) is 4.79 Å². The Labute approximate surface area is 60.3 Å². The molecule has 0 aliphatic carbocycles. The fraction of sp³-hybridized carbons (Fsp3) is 0.667. The maximum absolute atomic E-state index is 9.37. The number of carboxylic acids is 1. The molecule has 58 valence electrons. The van der Waals surface area contributed by atoms with Gasteiger partial charge in [-0.25, -0.2) is 0 Å². The van der Waals surface area contributed by atoms with Gasteiger partial charge in [0, 0.05) is 6.42 Å². The summed E-state index contributed by atoms with van der Waals surface area (Å²) in [5, 5.41) is 15.5. The van der Waals surface area contributed by atoms with Crippen LogP contribution in [0.2, 0.25) is 0 Å². The standard InChI is InChI=1S/C3H6N2.C3H6O2/c1-3(5)2-4;1-2-3(4)5/h3H,5H2,1H3;2H2,1H3,(H,4,5). The minimum Gasteiger partial charge on any atom is -0.481 e. The van der Waals surface area contributed by atoms with Crippen LogP contribution in [0.25, 0.3) is 0 Å². The van der Waals surface area contributed by atoms with Gasteiger partial charge in [0.15, 0.2) is 0 Å². The van der Waals surface area contributed by atoms with Crippen molar-refractivity contribution in [1.29, 1.82) is 5.26 Å². The van der Waals surface area contributed by atoms with E-state index < -0.39 is 5.97 Å². The molecule has 3 N–H and O–H groups in total. The second kappa shape index (κ2) is 7.92. The quantitative estimate of drug-likeness (QED) is 0.555. The van der Waals surface area contributed by atoms with Gasteiger partial charge in [-0.3, -0.25) is 4.79 Å². The first-order valence-electron chi connectivity index (χ1n) is 2.91. The number of nitrogens with zero attached hydrogens (tertiary/aromatic N) is 1. The van der Waals surface area contributed by atoms with Crippen LogP contribution in [0, 0.1) is 11.3 Å². The smallest absolute Gasteiger partial charge is 0.303 e. The average molecular weight is 144 g/mol. The Bertz CT molecular complexity index is 126. The van der Waals surface area contributed by atoms with Crippen LogP contribution in [0.5, 0.6) is 0 Å². The summed E-state index contributed by atoms with van der Waals surface area (Å²) >= 11 is 0. The molecule has 0 aromatic rings. The summed E-state index contributed by atoms with van der Waals surface area (Å²) in [6.07, 6.45) is 0.222. The first kappa shape index (κ1) is 11.7. The van der Waals surface area contributed by atoms with Gasteiger partial charge in [-0.15, -0.1) is 0 Å². The fourth-order valence-corrected chi connectivity index (χ4v) is 0. The van der Waals surface area contributed by atoms with Gasteiger partial charge in [0.25, 0.3) is 0 Å². The summed E-state index contributed by atoms with van der Waals surface area (Å²) in [4.78, 5) is 9.37. The highest BCUT2D eigenvalue weighted by molar-refractivity contribution is 5.66. The van der Waals surface area contributed by atoms with E-state index in [1.807, 2.05) is 0 Å². The first-order valence-corrected chi connectivity index (χ1v) is 2.91. The highest BCUT2D eigenvalue weighted by atomic mass is 16.4. The normalized spacial score (nSPS) is 10.2. The van der Waals surface area contributed by atoms with Crippen LogP contribution < -0.4 is 5.73 Å². The van der Waals surface area contributed by atoms with Crippen LogP contribution in [-0.4, -0.2) is 17.1 Å². The predicted octanol–water partition coefficient (Wildman–Crippen LogP) is 0.338. The zero-order chi connectivity index (χ0) is 8.57. The van der Waals surface area contributed by atoms with Gasteiger partial charge >= 0.3 is 5.97 Å². The van der Waals surface area contributed by atoms with Gasteiger partial charge in [0.1, 0.15) is 0 Å². The number of nitrogens with two attached hydrogens (primary N) is 1. The van der Waals surface area contributed by atoms with Gasteiger partial charge in [0.05, 0.1) is 12.1 Å². The molecule has 0 fully saturated rings. The molecule has 10 heavy (non-hydrogen) atoms. The van der Waals surface area contributed by atoms with E-state index in [1.54, 1.807) is 19.9 Å². The molecule has 0 aromatic heterocycles. The number of aliphatic carboxylic acids is 1. The van der Waals surface area contributed by atoms with Crippen molar-refractivity contribution in [2.24, 2.45) is 5.73 Å². The van der Waals surface area contributed by atoms with Crippen LogP contribution in [0.3, 0.4) is 0 Å². The molecule has 0 aliphatic heterocycles. The number of hydrogen-bond donors (Lipinski definition) is 2. The summed E-state index contributed by atoms with van der Waals surface area (Å²) in [6, 6.07) is 1.50. The van der Waals surface area contributed by atoms with Crippen molar-refractivity contribution >= 4 is 5.97 Å². The van der Waals surface area contributed by atoms with Gasteiger partial charge in [0.2, 0.25) is 0 Å². The van der Waals surface area contributed by atoms with E-state index in [4.69, 9.17) is 16.1 Å². The summed E-state index contributed by atoms with van der Waals surface area (Å²) < 4.78 is 0. The lowest BCUT2D eigenvalue weighted by Gasteiger charge is -1.78. The van der Waals surface area contributed by atoms with Gasteiger partial charge in [-0.05, 0) is 6.92 Å². The van der Waals surface area contributed by atoms with Crippen LogP contribution >= 0.6 is 0 Å². The minimum absolute atomic E-state index is 0.222. The van der Waals surface area contributed by atoms with Crippen LogP contribution in [0.15, 0.2) is 0 Å². The van der Waals surface area contributed by atoms with E-state index >= 15 is 0 Å². The molecule has 0 bridgehead atoms. The molecule has 0 aliphatic rings. The Kier molecular flexibility index (Phi) is 9.25. The molecular formula is C6H12N2O2. The van der Waals surface area contributed by atoms with Crippen molar-refractivity contribution < 1.29 is 9.90 Å². The van der Waals surface area contributed by atoms with Crippen molar-refractivity contribution in [3.8, 4) is 6.07 Å².